The number of halogens is 5. The molecule has 2 aliphatic rings. The first-order chi connectivity index (χ1) is 17.7. The summed E-state index contributed by atoms with van der Waals surface area (Å²) in [5.41, 5.74) is 1.07. The number of hydrogen-bond donors (Lipinski definition) is 1. The fourth-order valence-electron chi connectivity index (χ4n) is 4.87. The van der Waals surface area contributed by atoms with Gasteiger partial charge in [0, 0.05) is 23.1 Å². The van der Waals surface area contributed by atoms with Crippen LogP contribution in [0.5, 0.6) is 0 Å². The quantitative estimate of drug-likeness (QED) is 0.217. The van der Waals surface area contributed by atoms with Crippen LogP contribution in [0, 0.1) is 11.6 Å². The van der Waals surface area contributed by atoms with Gasteiger partial charge in [-0.15, -0.1) is 11.3 Å². The topological polar surface area (TPSA) is 68.4 Å². The summed E-state index contributed by atoms with van der Waals surface area (Å²) in [6.45, 7) is 0.287. The van der Waals surface area contributed by atoms with E-state index in [4.69, 9.17) is 32.5 Å². The maximum absolute atomic E-state index is 14.5. The number of nitrogens with zero attached hydrogens (tertiary/aromatic N) is 2. The number of thiazole rings is 1. The Morgan fingerprint density at radius 2 is 1.86 bits per heavy atom. The Morgan fingerprint density at radius 1 is 1.16 bits per heavy atom. The van der Waals surface area contributed by atoms with E-state index >= 15 is 0 Å². The number of aliphatic hydroxyl groups is 1. The lowest BCUT2D eigenvalue weighted by atomic mass is 9.83. The van der Waals surface area contributed by atoms with Gasteiger partial charge in [0.2, 0.25) is 0 Å². The van der Waals surface area contributed by atoms with E-state index in [1.54, 1.807) is 18.2 Å². The second-order valence-electron chi connectivity index (χ2n) is 9.64. The smallest absolute Gasteiger partial charge is 0.159 e. The summed E-state index contributed by atoms with van der Waals surface area (Å²) in [7, 11) is 0. The Hall–Kier alpha value is -1.62. The van der Waals surface area contributed by atoms with Gasteiger partial charge in [-0.2, -0.15) is 0 Å². The highest BCUT2D eigenvalue weighted by Gasteiger charge is 2.39. The molecule has 6 rings (SSSR count). The van der Waals surface area contributed by atoms with Crippen LogP contribution in [-0.2, 0) is 16.9 Å². The van der Waals surface area contributed by atoms with Crippen LogP contribution in [0.1, 0.15) is 60.8 Å². The van der Waals surface area contributed by atoms with Crippen LogP contribution in [0.2, 0.25) is 10.0 Å². The first-order valence-corrected chi connectivity index (χ1v) is 14.3. The van der Waals surface area contributed by atoms with Crippen LogP contribution in [0.25, 0.3) is 21.5 Å². The van der Waals surface area contributed by atoms with Gasteiger partial charge in [0.15, 0.2) is 5.82 Å². The van der Waals surface area contributed by atoms with Crippen LogP contribution in [-0.4, -0.2) is 21.4 Å². The Labute approximate surface area is 233 Å². The lowest BCUT2D eigenvalue weighted by molar-refractivity contribution is -0.0640. The lowest BCUT2D eigenvalue weighted by Crippen LogP contribution is -2.34. The van der Waals surface area contributed by atoms with Crippen molar-refractivity contribution >= 4 is 60.7 Å². The fraction of sp³-hybridized carbons (Fsp3) is 0.385. The molecule has 11 heteroatoms. The molecule has 2 aromatic heterocycles. The zero-order valence-electron chi connectivity index (χ0n) is 19.4. The van der Waals surface area contributed by atoms with Crippen LogP contribution in [0.3, 0.4) is 0 Å². The third-order valence-corrected chi connectivity index (χ3v) is 9.72. The molecule has 194 valence electrons. The van der Waals surface area contributed by atoms with E-state index in [1.807, 2.05) is 0 Å². The molecule has 1 N–H and O–H groups in total. The summed E-state index contributed by atoms with van der Waals surface area (Å²) >= 11 is 16.9. The van der Waals surface area contributed by atoms with E-state index in [-0.39, 0.29) is 27.4 Å². The zero-order chi connectivity index (χ0) is 25.9. The molecule has 0 aliphatic heterocycles. The molecule has 2 aliphatic carbocycles. The number of fused-ring (bicyclic) bond motifs is 1. The van der Waals surface area contributed by atoms with E-state index in [0.717, 1.165) is 35.5 Å². The second-order valence-corrected chi connectivity index (χ2v) is 12.2. The van der Waals surface area contributed by atoms with E-state index in [0.29, 0.717) is 57.9 Å². The predicted molar refractivity (Wildman–Crippen MR) is 142 cm³/mol. The molecular weight excluding hydrogens is 609 g/mol. The number of benzene rings is 2. The van der Waals surface area contributed by atoms with E-state index in [9.17, 15) is 13.9 Å². The van der Waals surface area contributed by atoms with Crippen LogP contribution in [0.4, 0.5) is 8.78 Å². The van der Waals surface area contributed by atoms with Crippen molar-refractivity contribution in [2.75, 3.05) is 0 Å². The highest BCUT2D eigenvalue weighted by molar-refractivity contribution is 9.10. The second kappa shape index (κ2) is 9.84. The first-order valence-electron chi connectivity index (χ1n) is 12.0. The predicted octanol–water partition coefficient (Wildman–Crippen LogP) is 8.52. The number of hydrogen-bond acceptors (Lipinski definition) is 6. The van der Waals surface area contributed by atoms with Gasteiger partial charge in [-0.25, -0.2) is 13.8 Å². The summed E-state index contributed by atoms with van der Waals surface area (Å²) in [6, 6.07) is 6.49. The van der Waals surface area contributed by atoms with Gasteiger partial charge in [-0.05, 0) is 66.6 Å². The van der Waals surface area contributed by atoms with Gasteiger partial charge in [-0.1, -0.05) is 34.4 Å². The van der Waals surface area contributed by atoms with Crippen LogP contribution in [0.15, 0.2) is 33.3 Å². The summed E-state index contributed by atoms with van der Waals surface area (Å²) in [5, 5.41) is 17.0. The molecule has 5 nitrogen and oxygen atoms in total. The van der Waals surface area contributed by atoms with E-state index in [1.165, 1.54) is 6.07 Å². The van der Waals surface area contributed by atoms with Crippen molar-refractivity contribution in [1.29, 1.82) is 0 Å². The average Bonchev–Trinajstić information content (AvgIpc) is 3.49. The molecule has 2 fully saturated rings. The highest BCUT2D eigenvalue weighted by atomic mass is 79.9. The van der Waals surface area contributed by atoms with Crippen molar-refractivity contribution < 1.29 is 23.1 Å². The summed E-state index contributed by atoms with van der Waals surface area (Å²) in [6.07, 6.45) is 3.93. The first kappa shape index (κ1) is 25.6. The van der Waals surface area contributed by atoms with Gasteiger partial charge < -0.3 is 14.4 Å². The maximum Gasteiger partial charge on any atom is 0.159 e. The molecule has 0 unspecified atom stereocenters. The standard InChI is InChI=1S/C26H21BrCl2F2N2O3S/c27-20-17(30)10-18-24(21(20)31)37-25(32-18)26(34)8-6-13(7-9-26)35-11-14-22(33-36-23(14)12-4-5-12)19-15(28)2-1-3-16(19)29/h1-3,10,12-13,34H,4-9,11H2/t13-,26+. The van der Waals surface area contributed by atoms with Crippen molar-refractivity contribution in [3.63, 3.8) is 0 Å². The fourth-order valence-corrected chi connectivity index (χ4v) is 7.03. The highest BCUT2D eigenvalue weighted by Crippen LogP contribution is 2.47. The number of aromatic nitrogens is 2. The molecule has 0 radical (unpaired) electrons. The van der Waals surface area contributed by atoms with Crippen LogP contribution < -0.4 is 0 Å². The third-order valence-electron chi connectivity index (χ3n) is 7.11. The molecule has 0 bridgehead atoms. The molecule has 0 atom stereocenters. The van der Waals surface area contributed by atoms with Gasteiger partial charge >= 0.3 is 0 Å². The lowest BCUT2D eigenvalue weighted by Gasteiger charge is -2.34. The molecule has 2 heterocycles. The Balaban J connectivity index is 1.18. The van der Waals surface area contributed by atoms with Crippen molar-refractivity contribution in [3.05, 3.63) is 66.7 Å². The minimum absolute atomic E-state index is 0.102. The van der Waals surface area contributed by atoms with Crippen molar-refractivity contribution in [2.45, 2.75) is 62.8 Å². The number of rotatable bonds is 6. The van der Waals surface area contributed by atoms with E-state index < -0.39 is 17.2 Å². The minimum Gasteiger partial charge on any atom is -0.383 e. The third kappa shape index (κ3) is 4.72. The van der Waals surface area contributed by atoms with Gasteiger partial charge in [0.05, 0.1) is 37.4 Å². The molecule has 2 aromatic carbocycles. The molecule has 0 amide bonds. The van der Waals surface area contributed by atoms with Crippen molar-refractivity contribution in [3.8, 4) is 11.3 Å². The van der Waals surface area contributed by atoms with Gasteiger partial charge in [-0.3, -0.25) is 0 Å². The molecular formula is C26H21BrCl2F2N2O3S. The molecule has 0 saturated heterocycles. The molecule has 37 heavy (non-hydrogen) atoms. The van der Waals surface area contributed by atoms with Crippen molar-refractivity contribution in [2.24, 2.45) is 0 Å². The minimum atomic E-state index is -1.22. The Kier molecular flexibility index (Phi) is 6.82. The maximum atomic E-state index is 14.5. The zero-order valence-corrected chi connectivity index (χ0v) is 23.3. The van der Waals surface area contributed by atoms with Gasteiger partial charge in [0.25, 0.3) is 0 Å². The largest absolute Gasteiger partial charge is 0.383 e. The Bertz CT molecular complexity index is 1480. The number of ether oxygens (including phenoxy) is 1. The SMILES string of the molecule is O[C@]1(c2nc3cc(F)c(Br)c(F)c3s2)CC[C@H](OCc2c(-c3c(Cl)cccc3Cl)noc2C2CC2)CC1. The monoisotopic (exact) mass is 628 g/mol. The Morgan fingerprint density at radius 3 is 2.54 bits per heavy atom. The van der Waals surface area contributed by atoms with Gasteiger partial charge in [0.1, 0.15) is 27.9 Å². The normalized spacial score (nSPS) is 22.2. The summed E-state index contributed by atoms with van der Waals surface area (Å²) < 4.78 is 40.5. The van der Waals surface area contributed by atoms with Crippen LogP contribution >= 0.6 is 50.5 Å². The molecule has 2 saturated carbocycles. The average molecular weight is 630 g/mol. The molecule has 4 aromatic rings. The van der Waals surface area contributed by atoms with E-state index in [2.05, 4.69) is 26.1 Å². The molecule has 0 spiro atoms. The summed E-state index contributed by atoms with van der Waals surface area (Å²) in [4.78, 5) is 4.36. The van der Waals surface area contributed by atoms with Crippen molar-refractivity contribution in [1.82, 2.24) is 10.1 Å². The summed E-state index contributed by atoms with van der Waals surface area (Å²) in [5.74, 6) is -0.285.